The van der Waals surface area contributed by atoms with E-state index in [0.29, 0.717) is 9.99 Å². The molecule has 1 aromatic carbocycles. The average Bonchev–Trinajstić information content (AvgIpc) is 2.79. The SMILES string of the molecule is OC[C@H]1O[C@@H](O)[C@H](Oc2c(Br)c3ccccc3n2Cl)[C@@H](O)[C@H]1O. The van der Waals surface area contributed by atoms with Crippen LogP contribution in [0.3, 0.4) is 0 Å². The van der Waals surface area contributed by atoms with Crippen molar-refractivity contribution in [2.45, 2.75) is 30.7 Å². The molecule has 0 bridgehead atoms. The predicted octanol–water partition coefficient (Wildman–Crippen LogP) is 0.584. The Kier molecular flexibility index (Phi) is 4.84. The van der Waals surface area contributed by atoms with Crippen molar-refractivity contribution < 1.29 is 29.9 Å². The molecule has 23 heavy (non-hydrogen) atoms. The van der Waals surface area contributed by atoms with E-state index in [1.165, 1.54) is 4.09 Å². The van der Waals surface area contributed by atoms with E-state index in [-0.39, 0.29) is 5.88 Å². The Morgan fingerprint density at radius 2 is 1.91 bits per heavy atom. The van der Waals surface area contributed by atoms with Crippen molar-refractivity contribution in [2.75, 3.05) is 6.61 Å². The molecular formula is C14H15BrClNO6. The first kappa shape index (κ1) is 17.0. The number of benzene rings is 1. The number of aliphatic hydroxyl groups excluding tert-OH is 4. The van der Waals surface area contributed by atoms with E-state index < -0.39 is 37.3 Å². The lowest BCUT2D eigenvalue weighted by atomic mass is 9.99. The summed E-state index contributed by atoms with van der Waals surface area (Å²) in [5.41, 5.74) is 0.672. The molecule has 1 aromatic heterocycles. The smallest absolute Gasteiger partial charge is 0.225 e. The van der Waals surface area contributed by atoms with E-state index in [1.54, 1.807) is 12.1 Å². The summed E-state index contributed by atoms with van der Waals surface area (Å²) in [5, 5.41) is 39.9. The number of hydrogen-bond donors (Lipinski definition) is 4. The van der Waals surface area contributed by atoms with Gasteiger partial charge in [0.25, 0.3) is 0 Å². The zero-order chi connectivity index (χ0) is 16.7. The van der Waals surface area contributed by atoms with E-state index in [2.05, 4.69) is 15.9 Å². The molecule has 5 atom stereocenters. The van der Waals surface area contributed by atoms with E-state index in [1.807, 2.05) is 12.1 Å². The summed E-state index contributed by atoms with van der Waals surface area (Å²) in [6.45, 7) is -0.540. The predicted molar refractivity (Wildman–Crippen MR) is 85.3 cm³/mol. The largest absolute Gasteiger partial charge is 0.466 e. The monoisotopic (exact) mass is 407 g/mol. The van der Waals surface area contributed by atoms with Crippen LogP contribution in [0.15, 0.2) is 28.7 Å². The Hall–Kier alpha value is -0.870. The Morgan fingerprint density at radius 1 is 1.22 bits per heavy atom. The maximum atomic E-state index is 10.1. The second-order valence-corrected chi connectivity index (χ2v) is 6.36. The zero-order valence-electron chi connectivity index (χ0n) is 11.7. The number of aromatic nitrogens is 1. The van der Waals surface area contributed by atoms with Crippen molar-refractivity contribution in [3.8, 4) is 5.88 Å². The zero-order valence-corrected chi connectivity index (χ0v) is 14.1. The third kappa shape index (κ3) is 2.85. The van der Waals surface area contributed by atoms with Gasteiger partial charge >= 0.3 is 0 Å². The van der Waals surface area contributed by atoms with Crippen LogP contribution in [0.2, 0.25) is 0 Å². The fourth-order valence-electron chi connectivity index (χ4n) is 2.57. The molecule has 9 heteroatoms. The fourth-order valence-corrected chi connectivity index (χ4v) is 3.55. The van der Waals surface area contributed by atoms with Gasteiger partial charge in [0.15, 0.2) is 12.4 Å². The molecule has 0 aliphatic carbocycles. The van der Waals surface area contributed by atoms with Crippen molar-refractivity contribution in [1.29, 1.82) is 0 Å². The van der Waals surface area contributed by atoms with Gasteiger partial charge in [0.1, 0.15) is 18.3 Å². The molecular weight excluding hydrogens is 394 g/mol. The molecule has 126 valence electrons. The van der Waals surface area contributed by atoms with Crippen molar-refractivity contribution in [3.05, 3.63) is 28.7 Å². The third-order valence-electron chi connectivity index (χ3n) is 3.81. The Labute approximate surface area is 144 Å². The van der Waals surface area contributed by atoms with Crippen LogP contribution in [0, 0.1) is 0 Å². The molecule has 0 radical (unpaired) electrons. The second kappa shape index (κ2) is 6.56. The van der Waals surface area contributed by atoms with Crippen LogP contribution in [0.25, 0.3) is 10.9 Å². The first-order valence-electron chi connectivity index (χ1n) is 6.88. The van der Waals surface area contributed by atoms with Gasteiger partial charge in [0.2, 0.25) is 5.88 Å². The van der Waals surface area contributed by atoms with E-state index in [9.17, 15) is 15.3 Å². The van der Waals surface area contributed by atoms with Gasteiger partial charge in [-0.3, -0.25) is 0 Å². The van der Waals surface area contributed by atoms with E-state index >= 15 is 0 Å². The highest BCUT2D eigenvalue weighted by molar-refractivity contribution is 9.10. The van der Waals surface area contributed by atoms with Gasteiger partial charge in [-0.2, -0.15) is 0 Å². The van der Waals surface area contributed by atoms with Crippen LogP contribution >= 0.6 is 27.7 Å². The number of rotatable bonds is 3. The molecule has 1 aliphatic heterocycles. The highest BCUT2D eigenvalue weighted by Crippen LogP contribution is 2.39. The highest BCUT2D eigenvalue weighted by atomic mass is 79.9. The van der Waals surface area contributed by atoms with Crippen LogP contribution in [0.1, 0.15) is 0 Å². The molecule has 1 saturated heterocycles. The minimum absolute atomic E-state index is 0.161. The molecule has 2 heterocycles. The van der Waals surface area contributed by atoms with Crippen molar-refractivity contribution in [3.63, 3.8) is 0 Å². The molecule has 0 amide bonds. The van der Waals surface area contributed by atoms with Gasteiger partial charge in [-0.15, -0.1) is 0 Å². The second-order valence-electron chi connectivity index (χ2n) is 5.23. The summed E-state index contributed by atoms with van der Waals surface area (Å²) >= 11 is 9.60. The molecule has 4 N–H and O–H groups in total. The lowest BCUT2D eigenvalue weighted by molar-refractivity contribution is -0.281. The molecule has 0 spiro atoms. The standard InChI is InChI=1S/C14H15BrClNO6/c15-9-6-3-1-2-4-7(6)17(16)13(9)23-12-11(20)10(19)8(5-18)22-14(12)21/h1-4,8,10-12,14,18-21H,5H2/t8-,10+,11+,12-,14-/m1/s1. The highest BCUT2D eigenvalue weighted by Gasteiger charge is 2.45. The first-order chi connectivity index (χ1) is 11.0. The molecule has 0 unspecified atom stereocenters. The van der Waals surface area contributed by atoms with Crippen molar-refractivity contribution >= 4 is 38.6 Å². The van der Waals surface area contributed by atoms with Crippen molar-refractivity contribution in [1.82, 2.24) is 4.09 Å². The van der Waals surface area contributed by atoms with Crippen LogP contribution < -0.4 is 4.74 Å². The minimum atomic E-state index is -1.54. The molecule has 7 nitrogen and oxygen atoms in total. The summed E-state index contributed by atoms with van der Waals surface area (Å²) in [6, 6.07) is 7.24. The summed E-state index contributed by atoms with van der Waals surface area (Å²) in [7, 11) is 0. The molecule has 2 aromatic rings. The molecule has 0 saturated carbocycles. The van der Waals surface area contributed by atoms with E-state index in [4.69, 9.17) is 26.4 Å². The van der Waals surface area contributed by atoms with Gasteiger partial charge in [-0.05, 0) is 22.0 Å². The van der Waals surface area contributed by atoms with Gasteiger partial charge in [0.05, 0.1) is 16.6 Å². The van der Waals surface area contributed by atoms with Crippen LogP contribution in [-0.4, -0.2) is 61.8 Å². The number of hydrogen-bond acceptors (Lipinski definition) is 6. The maximum Gasteiger partial charge on any atom is 0.225 e. The van der Waals surface area contributed by atoms with Gasteiger partial charge in [0, 0.05) is 17.2 Å². The lowest BCUT2D eigenvalue weighted by Gasteiger charge is -2.39. The number of fused-ring (bicyclic) bond motifs is 1. The summed E-state index contributed by atoms with van der Waals surface area (Å²) in [4.78, 5) is 0. The number of aliphatic hydroxyl groups is 4. The quantitative estimate of drug-likeness (QED) is 0.592. The topological polar surface area (TPSA) is 104 Å². The van der Waals surface area contributed by atoms with Crippen LogP contribution in [0.4, 0.5) is 0 Å². The van der Waals surface area contributed by atoms with Crippen LogP contribution in [0.5, 0.6) is 5.88 Å². The summed E-state index contributed by atoms with van der Waals surface area (Å²) in [6.07, 6.45) is -6.76. The minimum Gasteiger partial charge on any atom is -0.466 e. The summed E-state index contributed by atoms with van der Waals surface area (Å²) < 4.78 is 12.4. The number of ether oxygens (including phenoxy) is 2. The first-order valence-corrected chi connectivity index (χ1v) is 8.01. The Balaban J connectivity index is 1.93. The number of nitrogens with zero attached hydrogens (tertiary/aromatic N) is 1. The third-order valence-corrected chi connectivity index (χ3v) is 4.91. The van der Waals surface area contributed by atoms with E-state index in [0.717, 1.165) is 5.39 Å². The summed E-state index contributed by atoms with van der Waals surface area (Å²) in [5.74, 6) is 0.161. The lowest BCUT2D eigenvalue weighted by Crippen LogP contribution is -2.60. The Morgan fingerprint density at radius 3 is 2.57 bits per heavy atom. The normalized spacial score (nSPS) is 31.5. The average molecular weight is 409 g/mol. The maximum absolute atomic E-state index is 10.1. The molecule has 1 fully saturated rings. The van der Waals surface area contributed by atoms with Gasteiger partial charge < -0.3 is 29.9 Å². The van der Waals surface area contributed by atoms with Gasteiger partial charge in [-0.1, -0.05) is 18.2 Å². The molecule has 3 rings (SSSR count). The molecule has 1 aliphatic rings. The van der Waals surface area contributed by atoms with Gasteiger partial charge in [-0.25, -0.2) is 4.09 Å². The number of para-hydroxylation sites is 1. The fraction of sp³-hybridized carbons (Fsp3) is 0.429. The number of halogens is 2. The van der Waals surface area contributed by atoms with Crippen LogP contribution in [-0.2, 0) is 4.74 Å². The Bertz CT molecular complexity index is 671. The van der Waals surface area contributed by atoms with Crippen molar-refractivity contribution in [2.24, 2.45) is 0 Å².